The van der Waals surface area contributed by atoms with Crippen molar-refractivity contribution in [2.45, 2.75) is 6.54 Å². The van der Waals surface area contributed by atoms with Gasteiger partial charge in [-0.15, -0.1) is 0 Å². The number of carbonyl (C=O) groups excluding carboxylic acids is 2. The first-order valence-electron chi connectivity index (χ1n) is 10.1. The molecule has 0 spiro atoms. The van der Waals surface area contributed by atoms with Crippen molar-refractivity contribution in [3.8, 4) is 0 Å². The highest BCUT2D eigenvalue weighted by Crippen LogP contribution is 2.25. The molecule has 0 bridgehead atoms. The Labute approximate surface area is 183 Å². The van der Waals surface area contributed by atoms with Gasteiger partial charge in [0.05, 0.1) is 17.9 Å². The van der Waals surface area contributed by atoms with Gasteiger partial charge in [-0.25, -0.2) is 0 Å². The fraction of sp³-hybridized carbons (Fsp3) is 0.200. The standard InChI is InChI=1S/C25H28N4O2/c1-28(2)25(31)20-12-9-13-21(16-20)27-24(30)17-26-22-14-7-8-15-23(22)29(3)18-19-10-5-4-6-11-19/h4-16,26H,17-18H2,1-3H3,(H,27,30). The van der Waals surface area contributed by atoms with E-state index in [1.807, 2.05) is 49.5 Å². The topological polar surface area (TPSA) is 64.7 Å². The molecule has 0 aliphatic carbocycles. The Morgan fingerprint density at radius 1 is 0.839 bits per heavy atom. The number of nitrogens with zero attached hydrogens (tertiary/aromatic N) is 2. The second-order valence-electron chi connectivity index (χ2n) is 7.54. The summed E-state index contributed by atoms with van der Waals surface area (Å²) in [5.41, 5.74) is 4.23. The van der Waals surface area contributed by atoms with Crippen LogP contribution in [-0.4, -0.2) is 44.4 Å². The Kier molecular flexibility index (Phi) is 7.27. The van der Waals surface area contributed by atoms with E-state index in [0.29, 0.717) is 11.3 Å². The lowest BCUT2D eigenvalue weighted by Crippen LogP contribution is -2.24. The van der Waals surface area contributed by atoms with Crippen LogP contribution in [0.2, 0.25) is 0 Å². The van der Waals surface area contributed by atoms with Crippen LogP contribution in [0.5, 0.6) is 0 Å². The number of carbonyl (C=O) groups is 2. The molecule has 0 aliphatic rings. The van der Waals surface area contributed by atoms with E-state index >= 15 is 0 Å². The molecule has 3 aromatic rings. The zero-order chi connectivity index (χ0) is 22.2. The van der Waals surface area contributed by atoms with Crippen LogP contribution in [0.15, 0.2) is 78.9 Å². The van der Waals surface area contributed by atoms with E-state index in [2.05, 4.69) is 27.7 Å². The highest BCUT2D eigenvalue weighted by atomic mass is 16.2. The van der Waals surface area contributed by atoms with Crippen LogP contribution < -0.4 is 15.5 Å². The summed E-state index contributed by atoms with van der Waals surface area (Å²) < 4.78 is 0. The Balaban J connectivity index is 1.62. The number of hydrogen-bond donors (Lipinski definition) is 2. The van der Waals surface area contributed by atoms with Crippen LogP contribution in [0, 0.1) is 0 Å². The van der Waals surface area contributed by atoms with Gasteiger partial charge >= 0.3 is 0 Å². The molecule has 0 saturated heterocycles. The molecule has 0 aliphatic heterocycles. The van der Waals surface area contributed by atoms with E-state index in [4.69, 9.17) is 0 Å². The van der Waals surface area contributed by atoms with Crippen molar-refractivity contribution in [3.63, 3.8) is 0 Å². The van der Waals surface area contributed by atoms with Crippen molar-refractivity contribution in [2.24, 2.45) is 0 Å². The van der Waals surface area contributed by atoms with E-state index < -0.39 is 0 Å². The van der Waals surface area contributed by atoms with Gasteiger partial charge in [0.1, 0.15) is 0 Å². The van der Waals surface area contributed by atoms with Crippen molar-refractivity contribution in [1.82, 2.24) is 4.90 Å². The molecule has 0 fully saturated rings. The Bertz CT molecular complexity index is 1030. The smallest absolute Gasteiger partial charge is 0.253 e. The molecule has 0 heterocycles. The van der Waals surface area contributed by atoms with Gasteiger partial charge in [0.25, 0.3) is 5.91 Å². The van der Waals surface area contributed by atoms with Crippen molar-refractivity contribution in [2.75, 3.05) is 43.2 Å². The summed E-state index contributed by atoms with van der Waals surface area (Å²) in [5, 5.41) is 6.08. The SMILES string of the molecule is CN(C)C(=O)c1cccc(NC(=O)CNc2ccccc2N(C)Cc2ccccc2)c1. The summed E-state index contributed by atoms with van der Waals surface area (Å²) >= 11 is 0. The third kappa shape index (κ3) is 6.09. The van der Waals surface area contributed by atoms with Gasteiger partial charge < -0.3 is 20.4 Å². The number of anilines is 3. The molecule has 0 radical (unpaired) electrons. The second-order valence-corrected chi connectivity index (χ2v) is 7.54. The summed E-state index contributed by atoms with van der Waals surface area (Å²) in [6.07, 6.45) is 0. The molecule has 0 atom stereocenters. The zero-order valence-corrected chi connectivity index (χ0v) is 18.1. The fourth-order valence-corrected chi connectivity index (χ4v) is 3.27. The lowest BCUT2D eigenvalue weighted by atomic mass is 10.2. The molecule has 31 heavy (non-hydrogen) atoms. The van der Waals surface area contributed by atoms with E-state index in [0.717, 1.165) is 17.9 Å². The average molecular weight is 417 g/mol. The molecular formula is C25H28N4O2. The van der Waals surface area contributed by atoms with Crippen molar-refractivity contribution in [1.29, 1.82) is 0 Å². The predicted molar refractivity (Wildman–Crippen MR) is 127 cm³/mol. The highest BCUT2D eigenvalue weighted by Gasteiger charge is 2.11. The van der Waals surface area contributed by atoms with Crippen LogP contribution in [0.25, 0.3) is 0 Å². The van der Waals surface area contributed by atoms with Crippen LogP contribution in [0.3, 0.4) is 0 Å². The summed E-state index contributed by atoms with van der Waals surface area (Å²) in [6.45, 7) is 0.875. The number of benzene rings is 3. The minimum atomic E-state index is -0.185. The first-order valence-corrected chi connectivity index (χ1v) is 10.1. The average Bonchev–Trinajstić information content (AvgIpc) is 2.78. The summed E-state index contributed by atoms with van der Waals surface area (Å²) in [5.74, 6) is -0.292. The minimum Gasteiger partial charge on any atom is -0.374 e. The molecule has 6 heteroatoms. The van der Waals surface area contributed by atoms with E-state index in [-0.39, 0.29) is 18.4 Å². The van der Waals surface area contributed by atoms with E-state index in [9.17, 15) is 9.59 Å². The predicted octanol–water partition coefficient (Wildman–Crippen LogP) is 4.08. The molecule has 0 aromatic heterocycles. The second kappa shape index (κ2) is 10.3. The Hall–Kier alpha value is -3.80. The fourth-order valence-electron chi connectivity index (χ4n) is 3.27. The molecule has 0 unspecified atom stereocenters. The van der Waals surface area contributed by atoms with Crippen LogP contribution in [0.4, 0.5) is 17.1 Å². The number of rotatable bonds is 8. The monoisotopic (exact) mass is 416 g/mol. The van der Waals surface area contributed by atoms with Gasteiger partial charge in [-0.3, -0.25) is 9.59 Å². The summed E-state index contributed by atoms with van der Waals surface area (Å²) in [6, 6.07) is 25.1. The highest BCUT2D eigenvalue weighted by molar-refractivity contribution is 5.98. The van der Waals surface area contributed by atoms with Crippen molar-refractivity contribution >= 4 is 28.9 Å². The Morgan fingerprint density at radius 2 is 1.55 bits per heavy atom. The Morgan fingerprint density at radius 3 is 2.29 bits per heavy atom. The number of nitrogens with one attached hydrogen (secondary N) is 2. The maximum atomic E-state index is 12.5. The van der Waals surface area contributed by atoms with Gasteiger partial charge in [0, 0.05) is 38.9 Å². The largest absolute Gasteiger partial charge is 0.374 e. The van der Waals surface area contributed by atoms with Gasteiger partial charge in [0.2, 0.25) is 5.91 Å². The van der Waals surface area contributed by atoms with Crippen LogP contribution in [0.1, 0.15) is 15.9 Å². The maximum Gasteiger partial charge on any atom is 0.253 e. The van der Waals surface area contributed by atoms with Crippen molar-refractivity contribution < 1.29 is 9.59 Å². The molecule has 2 N–H and O–H groups in total. The van der Waals surface area contributed by atoms with E-state index in [1.165, 1.54) is 10.5 Å². The third-order valence-corrected chi connectivity index (χ3v) is 4.82. The first-order chi connectivity index (χ1) is 14.9. The number of amides is 2. The van der Waals surface area contributed by atoms with Gasteiger partial charge in [0.15, 0.2) is 0 Å². The third-order valence-electron chi connectivity index (χ3n) is 4.82. The lowest BCUT2D eigenvalue weighted by Gasteiger charge is -2.23. The molecule has 160 valence electrons. The van der Waals surface area contributed by atoms with E-state index in [1.54, 1.807) is 38.4 Å². The molecule has 3 aromatic carbocycles. The first kappa shape index (κ1) is 21.9. The summed E-state index contributed by atoms with van der Waals surface area (Å²) in [7, 11) is 5.42. The molecular weight excluding hydrogens is 388 g/mol. The number of hydrogen-bond acceptors (Lipinski definition) is 4. The zero-order valence-electron chi connectivity index (χ0n) is 18.1. The maximum absolute atomic E-state index is 12.5. The lowest BCUT2D eigenvalue weighted by molar-refractivity contribution is -0.114. The molecule has 3 rings (SSSR count). The summed E-state index contributed by atoms with van der Waals surface area (Å²) in [4.78, 5) is 28.3. The van der Waals surface area contributed by atoms with Gasteiger partial charge in [-0.05, 0) is 35.9 Å². The van der Waals surface area contributed by atoms with Gasteiger partial charge in [-0.2, -0.15) is 0 Å². The van der Waals surface area contributed by atoms with Crippen molar-refractivity contribution in [3.05, 3.63) is 90.0 Å². The molecule has 2 amide bonds. The van der Waals surface area contributed by atoms with Gasteiger partial charge in [-0.1, -0.05) is 48.5 Å². The normalized spacial score (nSPS) is 10.3. The van der Waals surface area contributed by atoms with Crippen LogP contribution >= 0.6 is 0 Å². The minimum absolute atomic E-state index is 0.107. The quantitative estimate of drug-likeness (QED) is 0.581. The number of para-hydroxylation sites is 2. The molecule has 0 saturated carbocycles. The molecule has 6 nitrogen and oxygen atoms in total. The van der Waals surface area contributed by atoms with Crippen LogP contribution in [-0.2, 0) is 11.3 Å².